The minimum absolute atomic E-state index is 0.186. The third kappa shape index (κ3) is 2.16. The van der Waals surface area contributed by atoms with Crippen molar-refractivity contribution in [2.24, 2.45) is 0 Å². The number of tetrazole rings is 1. The third-order valence-electron chi connectivity index (χ3n) is 1.98. The Balaban J connectivity index is 1.98. The molecule has 2 aromatic rings. The maximum absolute atomic E-state index is 11.7. The molecule has 0 saturated carbocycles. The van der Waals surface area contributed by atoms with Gasteiger partial charge in [0.15, 0.2) is 5.82 Å². The van der Waals surface area contributed by atoms with Crippen molar-refractivity contribution in [2.75, 3.05) is 5.73 Å². The van der Waals surface area contributed by atoms with Gasteiger partial charge in [0.2, 0.25) is 0 Å². The highest BCUT2D eigenvalue weighted by molar-refractivity contribution is 7.14. The Morgan fingerprint density at radius 1 is 1.69 bits per heavy atom. The molecule has 2 aromatic heterocycles. The minimum Gasteiger partial charge on any atom is -0.398 e. The maximum atomic E-state index is 11.7. The van der Waals surface area contributed by atoms with Crippen LogP contribution in [-0.4, -0.2) is 26.5 Å². The van der Waals surface area contributed by atoms with Gasteiger partial charge in [-0.15, -0.1) is 21.5 Å². The molecule has 0 radical (unpaired) electrons. The number of anilines is 1. The molecule has 84 valence electrons. The standard InChI is InChI=1S/C8H10N6OS/c1-4-5(9)2-6(16-4)8(15)10-3-7-11-13-14-12-7/h2H,3,9H2,1H3,(H,10,15)(H,11,12,13,14). The van der Waals surface area contributed by atoms with E-state index >= 15 is 0 Å². The Morgan fingerprint density at radius 2 is 2.50 bits per heavy atom. The van der Waals surface area contributed by atoms with Crippen LogP contribution in [-0.2, 0) is 6.54 Å². The molecule has 0 aliphatic heterocycles. The summed E-state index contributed by atoms with van der Waals surface area (Å²) in [7, 11) is 0. The average molecular weight is 238 g/mol. The van der Waals surface area contributed by atoms with Crippen LogP contribution in [0.4, 0.5) is 5.69 Å². The molecule has 8 heteroatoms. The van der Waals surface area contributed by atoms with Crippen LogP contribution in [0.2, 0.25) is 0 Å². The zero-order valence-electron chi connectivity index (χ0n) is 8.52. The van der Waals surface area contributed by atoms with E-state index in [2.05, 4.69) is 25.9 Å². The fourth-order valence-corrected chi connectivity index (χ4v) is 1.97. The van der Waals surface area contributed by atoms with E-state index in [0.717, 1.165) is 4.88 Å². The van der Waals surface area contributed by atoms with Gasteiger partial charge < -0.3 is 11.1 Å². The summed E-state index contributed by atoms with van der Waals surface area (Å²) in [6, 6.07) is 1.66. The lowest BCUT2D eigenvalue weighted by atomic mass is 10.3. The Labute approximate surface area is 95.0 Å². The number of aromatic nitrogens is 4. The minimum atomic E-state index is -0.186. The largest absolute Gasteiger partial charge is 0.398 e. The van der Waals surface area contributed by atoms with Crippen LogP contribution in [0.1, 0.15) is 20.4 Å². The van der Waals surface area contributed by atoms with E-state index < -0.39 is 0 Å². The molecule has 2 rings (SSSR count). The van der Waals surface area contributed by atoms with Gasteiger partial charge in [0, 0.05) is 10.6 Å². The molecule has 0 aromatic carbocycles. The fraction of sp³-hybridized carbons (Fsp3) is 0.250. The number of hydrogen-bond acceptors (Lipinski definition) is 6. The van der Waals surface area contributed by atoms with E-state index in [9.17, 15) is 4.79 Å². The van der Waals surface area contributed by atoms with E-state index in [1.54, 1.807) is 6.07 Å². The molecule has 0 spiro atoms. The summed E-state index contributed by atoms with van der Waals surface area (Å²) in [4.78, 5) is 13.2. The van der Waals surface area contributed by atoms with E-state index in [4.69, 9.17) is 5.73 Å². The number of aryl methyl sites for hydroxylation is 1. The zero-order chi connectivity index (χ0) is 11.5. The first-order valence-electron chi connectivity index (χ1n) is 4.53. The number of nitrogens with zero attached hydrogens (tertiary/aromatic N) is 3. The van der Waals surface area contributed by atoms with Gasteiger partial charge in [0.05, 0.1) is 11.4 Å². The van der Waals surface area contributed by atoms with Gasteiger partial charge in [-0.3, -0.25) is 4.79 Å². The molecule has 2 heterocycles. The third-order valence-corrected chi connectivity index (χ3v) is 3.04. The zero-order valence-corrected chi connectivity index (χ0v) is 9.34. The number of nitrogens with one attached hydrogen (secondary N) is 2. The summed E-state index contributed by atoms with van der Waals surface area (Å²) in [6.07, 6.45) is 0. The SMILES string of the molecule is Cc1sc(C(=O)NCc2nn[nH]n2)cc1N. The van der Waals surface area contributed by atoms with Crippen molar-refractivity contribution in [3.8, 4) is 0 Å². The Hall–Kier alpha value is -1.96. The van der Waals surface area contributed by atoms with Crippen molar-refractivity contribution in [2.45, 2.75) is 13.5 Å². The molecule has 0 unspecified atom stereocenters. The van der Waals surface area contributed by atoms with Crippen molar-refractivity contribution >= 4 is 22.9 Å². The Bertz CT molecular complexity index is 471. The number of thiophene rings is 1. The molecule has 0 aliphatic rings. The Morgan fingerprint density at radius 3 is 3.06 bits per heavy atom. The molecule has 0 saturated heterocycles. The lowest BCUT2D eigenvalue weighted by molar-refractivity contribution is 0.0954. The molecule has 0 bridgehead atoms. The number of rotatable bonds is 3. The van der Waals surface area contributed by atoms with Crippen LogP contribution >= 0.6 is 11.3 Å². The Kier molecular flexibility index (Phi) is 2.82. The number of nitrogen functional groups attached to an aromatic ring is 1. The topological polar surface area (TPSA) is 110 Å². The number of carbonyl (C=O) groups excluding carboxylic acids is 1. The monoisotopic (exact) mass is 238 g/mol. The second-order valence-corrected chi connectivity index (χ2v) is 4.39. The van der Waals surface area contributed by atoms with Crippen LogP contribution in [0.25, 0.3) is 0 Å². The first kappa shape index (κ1) is 10.6. The quantitative estimate of drug-likeness (QED) is 0.701. The van der Waals surface area contributed by atoms with E-state index in [1.165, 1.54) is 11.3 Å². The normalized spacial score (nSPS) is 10.3. The van der Waals surface area contributed by atoms with E-state index in [1.807, 2.05) is 6.92 Å². The molecule has 1 amide bonds. The van der Waals surface area contributed by atoms with Gasteiger partial charge in [-0.05, 0) is 13.0 Å². The summed E-state index contributed by atoms with van der Waals surface area (Å²) in [5.74, 6) is 0.254. The highest BCUT2D eigenvalue weighted by Crippen LogP contribution is 2.23. The smallest absolute Gasteiger partial charge is 0.261 e. The van der Waals surface area contributed by atoms with Crippen molar-refractivity contribution in [1.29, 1.82) is 0 Å². The summed E-state index contributed by atoms with van der Waals surface area (Å²) in [5.41, 5.74) is 6.29. The van der Waals surface area contributed by atoms with Crippen LogP contribution in [0, 0.1) is 6.92 Å². The molecule has 0 fully saturated rings. The van der Waals surface area contributed by atoms with Gasteiger partial charge in [-0.2, -0.15) is 5.21 Å². The van der Waals surface area contributed by atoms with E-state index in [0.29, 0.717) is 16.4 Å². The van der Waals surface area contributed by atoms with Gasteiger partial charge in [-0.1, -0.05) is 5.21 Å². The van der Waals surface area contributed by atoms with Crippen LogP contribution in [0.5, 0.6) is 0 Å². The summed E-state index contributed by atoms with van der Waals surface area (Å²) >= 11 is 1.36. The molecule has 0 atom stereocenters. The first-order chi connectivity index (χ1) is 7.66. The molecular weight excluding hydrogens is 228 g/mol. The molecule has 7 nitrogen and oxygen atoms in total. The average Bonchev–Trinajstić information content (AvgIpc) is 2.86. The number of amides is 1. The van der Waals surface area contributed by atoms with Gasteiger partial charge >= 0.3 is 0 Å². The number of carbonyl (C=O) groups is 1. The summed E-state index contributed by atoms with van der Waals surface area (Å²) < 4.78 is 0. The van der Waals surface area contributed by atoms with Gasteiger partial charge in [-0.25, -0.2) is 0 Å². The van der Waals surface area contributed by atoms with Gasteiger partial charge in [0.25, 0.3) is 5.91 Å². The lowest BCUT2D eigenvalue weighted by Gasteiger charge is -1.98. The van der Waals surface area contributed by atoms with Gasteiger partial charge in [0.1, 0.15) is 0 Å². The predicted octanol–water partition coefficient (Wildman–Crippen LogP) is 0.0818. The molecule has 4 N–H and O–H groups in total. The van der Waals surface area contributed by atoms with Crippen molar-refractivity contribution in [3.63, 3.8) is 0 Å². The second-order valence-electron chi connectivity index (χ2n) is 3.13. The van der Waals surface area contributed by atoms with Crippen LogP contribution < -0.4 is 11.1 Å². The maximum Gasteiger partial charge on any atom is 0.261 e. The van der Waals surface area contributed by atoms with Crippen LogP contribution in [0.15, 0.2) is 6.07 Å². The van der Waals surface area contributed by atoms with E-state index in [-0.39, 0.29) is 12.5 Å². The molecular formula is C8H10N6OS. The van der Waals surface area contributed by atoms with Crippen molar-refractivity contribution < 1.29 is 4.79 Å². The highest BCUT2D eigenvalue weighted by Gasteiger charge is 2.11. The molecule has 0 aliphatic carbocycles. The number of hydrogen-bond donors (Lipinski definition) is 3. The molecule has 16 heavy (non-hydrogen) atoms. The number of aromatic amines is 1. The van der Waals surface area contributed by atoms with Crippen molar-refractivity contribution in [1.82, 2.24) is 25.9 Å². The summed E-state index contributed by atoms with van der Waals surface area (Å²) in [6.45, 7) is 2.11. The first-order valence-corrected chi connectivity index (χ1v) is 5.35. The fourth-order valence-electron chi connectivity index (χ4n) is 1.11. The lowest BCUT2D eigenvalue weighted by Crippen LogP contribution is -2.22. The highest BCUT2D eigenvalue weighted by atomic mass is 32.1. The van der Waals surface area contributed by atoms with Crippen molar-refractivity contribution in [3.05, 3.63) is 21.6 Å². The number of nitrogens with two attached hydrogens (primary N) is 1. The predicted molar refractivity (Wildman–Crippen MR) is 58.8 cm³/mol. The summed E-state index contributed by atoms with van der Waals surface area (Å²) in [5, 5.41) is 15.8. The number of H-pyrrole nitrogens is 1. The van der Waals surface area contributed by atoms with Crippen LogP contribution in [0.3, 0.4) is 0 Å². The second kappa shape index (κ2) is 4.27.